The lowest BCUT2D eigenvalue weighted by Crippen LogP contribution is -2.33. The Balaban J connectivity index is 1.94. The van der Waals surface area contributed by atoms with Crippen LogP contribution in [0.15, 0.2) is 24.3 Å². The standard InChI is InChI=1S/C15H20O3/c1-8-6-13-11(9(2)14(16)18-13)7-12-10(8)4-5-15(12,3)17/h10-13,17H,1-2,4-7H2,3H3/t10-,11+,12+,13+,15+/m0/s1. The van der Waals surface area contributed by atoms with Crippen LogP contribution in [0.3, 0.4) is 0 Å². The molecule has 1 saturated heterocycles. The molecule has 3 rings (SSSR count). The van der Waals surface area contributed by atoms with E-state index in [4.69, 9.17) is 4.74 Å². The third-order valence-electron chi connectivity index (χ3n) is 5.16. The number of carbonyl (C=O) groups is 1. The van der Waals surface area contributed by atoms with E-state index in [1.165, 1.54) is 0 Å². The smallest absolute Gasteiger partial charge is 0.334 e. The van der Waals surface area contributed by atoms with Gasteiger partial charge >= 0.3 is 5.97 Å². The molecule has 3 nitrogen and oxygen atoms in total. The van der Waals surface area contributed by atoms with Crippen LogP contribution in [0.2, 0.25) is 0 Å². The molecule has 2 aliphatic carbocycles. The number of hydrogen-bond acceptors (Lipinski definition) is 3. The van der Waals surface area contributed by atoms with E-state index in [2.05, 4.69) is 13.2 Å². The molecule has 98 valence electrons. The Hall–Kier alpha value is -1.09. The van der Waals surface area contributed by atoms with E-state index in [1.54, 1.807) is 0 Å². The number of carbonyl (C=O) groups excluding carboxylic acids is 1. The maximum atomic E-state index is 11.6. The maximum Gasteiger partial charge on any atom is 0.334 e. The summed E-state index contributed by atoms with van der Waals surface area (Å²) in [5.41, 5.74) is 1.07. The molecule has 1 N–H and O–H groups in total. The molecule has 1 heterocycles. The molecular formula is C15H20O3. The zero-order chi connectivity index (χ0) is 13.1. The molecule has 5 atom stereocenters. The van der Waals surface area contributed by atoms with Crippen LogP contribution < -0.4 is 0 Å². The molecule has 0 aromatic heterocycles. The molecule has 2 saturated carbocycles. The molecule has 3 fully saturated rings. The largest absolute Gasteiger partial charge is 0.458 e. The summed E-state index contributed by atoms with van der Waals surface area (Å²) in [7, 11) is 0. The van der Waals surface area contributed by atoms with Crippen LogP contribution in [0.25, 0.3) is 0 Å². The summed E-state index contributed by atoms with van der Waals surface area (Å²) in [4.78, 5) is 11.6. The monoisotopic (exact) mass is 248 g/mol. The van der Waals surface area contributed by atoms with Crippen molar-refractivity contribution in [2.75, 3.05) is 0 Å². The van der Waals surface area contributed by atoms with Gasteiger partial charge in [0.05, 0.1) is 5.60 Å². The SMILES string of the molecule is C=C1C(=O)O[C@@H]2CC(=C)[C@@H]3CC[C@@](C)(O)[C@@H]3C[C@H]12. The summed E-state index contributed by atoms with van der Waals surface area (Å²) in [5.74, 6) is 0.353. The first-order valence-corrected chi connectivity index (χ1v) is 6.70. The summed E-state index contributed by atoms with van der Waals surface area (Å²) < 4.78 is 5.38. The molecule has 0 radical (unpaired) electrons. The van der Waals surface area contributed by atoms with Gasteiger partial charge in [0.1, 0.15) is 6.10 Å². The molecule has 0 amide bonds. The molecule has 18 heavy (non-hydrogen) atoms. The van der Waals surface area contributed by atoms with Gasteiger partial charge < -0.3 is 9.84 Å². The van der Waals surface area contributed by atoms with Crippen LogP contribution in [0.5, 0.6) is 0 Å². The molecule has 3 heteroatoms. The number of hydrogen-bond donors (Lipinski definition) is 1. The second-order valence-electron chi connectivity index (χ2n) is 6.28. The highest BCUT2D eigenvalue weighted by molar-refractivity contribution is 5.90. The van der Waals surface area contributed by atoms with Crippen LogP contribution in [0.1, 0.15) is 32.6 Å². The Bertz CT molecular complexity index is 435. The molecule has 3 aliphatic rings. The minimum absolute atomic E-state index is 0.0637. The summed E-state index contributed by atoms with van der Waals surface area (Å²) in [5, 5.41) is 10.5. The topological polar surface area (TPSA) is 46.5 Å². The maximum absolute atomic E-state index is 11.6. The Kier molecular flexibility index (Phi) is 2.46. The van der Waals surface area contributed by atoms with E-state index >= 15 is 0 Å². The van der Waals surface area contributed by atoms with Crippen molar-refractivity contribution in [1.29, 1.82) is 0 Å². The van der Waals surface area contributed by atoms with Crippen molar-refractivity contribution < 1.29 is 14.6 Å². The second-order valence-corrected chi connectivity index (χ2v) is 6.28. The number of fused-ring (bicyclic) bond motifs is 2. The predicted molar refractivity (Wildman–Crippen MR) is 67.7 cm³/mol. The van der Waals surface area contributed by atoms with E-state index < -0.39 is 5.60 Å². The van der Waals surface area contributed by atoms with Gasteiger partial charge in [-0.2, -0.15) is 0 Å². The minimum atomic E-state index is -0.644. The van der Waals surface area contributed by atoms with Gasteiger partial charge in [0, 0.05) is 17.9 Å². The average molecular weight is 248 g/mol. The van der Waals surface area contributed by atoms with Crippen LogP contribution in [-0.2, 0) is 9.53 Å². The van der Waals surface area contributed by atoms with E-state index in [1.807, 2.05) is 6.92 Å². The Morgan fingerprint density at radius 2 is 2.11 bits per heavy atom. The molecule has 0 aromatic carbocycles. The zero-order valence-electron chi connectivity index (χ0n) is 10.8. The number of esters is 1. The fraction of sp³-hybridized carbons (Fsp3) is 0.667. The fourth-order valence-electron chi connectivity index (χ4n) is 4.01. The summed E-state index contributed by atoms with van der Waals surface area (Å²) in [6, 6.07) is 0. The second kappa shape index (κ2) is 3.70. The molecule has 0 unspecified atom stereocenters. The van der Waals surface area contributed by atoms with E-state index in [0.717, 1.165) is 31.3 Å². The lowest BCUT2D eigenvalue weighted by molar-refractivity contribution is -0.139. The van der Waals surface area contributed by atoms with Gasteiger partial charge in [-0.1, -0.05) is 18.7 Å². The van der Waals surface area contributed by atoms with Crippen LogP contribution in [0.4, 0.5) is 0 Å². The lowest BCUT2D eigenvalue weighted by Gasteiger charge is -2.30. The van der Waals surface area contributed by atoms with Crippen molar-refractivity contribution in [3.63, 3.8) is 0 Å². The summed E-state index contributed by atoms with van der Waals surface area (Å²) in [6.45, 7) is 9.93. The van der Waals surface area contributed by atoms with Crippen molar-refractivity contribution in [3.05, 3.63) is 24.3 Å². The number of rotatable bonds is 0. The van der Waals surface area contributed by atoms with Crippen LogP contribution in [-0.4, -0.2) is 22.8 Å². The Labute approximate surface area is 108 Å². The molecular weight excluding hydrogens is 228 g/mol. The van der Waals surface area contributed by atoms with Crippen LogP contribution in [0, 0.1) is 17.8 Å². The fourth-order valence-corrected chi connectivity index (χ4v) is 4.01. The van der Waals surface area contributed by atoms with E-state index in [0.29, 0.717) is 11.5 Å². The highest BCUT2D eigenvalue weighted by Gasteiger charge is 2.52. The highest BCUT2D eigenvalue weighted by Crippen LogP contribution is 2.52. The Morgan fingerprint density at radius 1 is 1.39 bits per heavy atom. The van der Waals surface area contributed by atoms with Crippen molar-refractivity contribution in [2.45, 2.75) is 44.3 Å². The van der Waals surface area contributed by atoms with Crippen molar-refractivity contribution in [1.82, 2.24) is 0 Å². The molecule has 0 bridgehead atoms. The van der Waals surface area contributed by atoms with Gasteiger partial charge in [0.15, 0.2) is 0 Å². The van der Waals surface area contributed by atoms with Crippen molar-refractivity contribution in [2.24, 2.45) is 17.8 Å². The highest BCUT2D eigenvalue weighted by atomic mass is 16.6. The third kappa shape index (κ3) is 1.57. The van der Waals surface area contributed by atoms with E-state index in [9.17, 15) is 9.90 Å². The summed E-state index contributed by atoms with van der Waals surface area (Å²) in [6.07, 6.45) is 3.24. The quantitative estimate of drug-likeness (QED) is 0.406. The number of aliphatic hydroxyl groups is 1. The average Bonchev–Trinajstić information content (AvgIpc) is 2.65. The van der Waals surface area contributed by atoms with E-state index in [-0.39, 0.29) is 23.9 Å². The predicted octanol–water partition coefficient (Wildman–Crippen LogP) is 2.21. The minimum Gasteiger partial charge on any atom is -0.458 e. The first-order valence-electron chi connectivity index (χ1n) is 6.70. The first-order chi connectivity index (χ1) is 8.40. The lowest BCUT2D eigenvalue weighted by atomic mass is 9.79. The van der Waals surface area contributed by atoms with Crippen molar-refractivity contribution >= 4 is 5.97 Å². The van der Waals surface area contributed by atoms with Crippen LogP contribution >= 0.6 is 0 Å². The summed E-state index contributed by atoms with van der Waals surface area (Å²) >= 11 is 0. The van der Waals surface area contributed by atoms with Gasteiger partial charge in [-0.05, 0) is 38.0 Å². The molecule has 0 aromatic rings. The number of ether oxygens (including phenoxy) is 1. The zero-order valence-corrected chi connectivity index (χ0v) is 10.8. The first kappa shape index (κ1) is 12.0. The van der Waals surface area contributed by atoms with Gasteiger partial charge in [-0.3, -0.25) is 0 Å². The molecule has 0 spiro atoms. The van der Waals surface area contributed by atoms with Gasteiger partial charge in [0.25, 0.3) is 0 Å². The third-order valence-corrected chi connectivity index (χ3v) is 5.16. The van der Waals surface area contributed by atoms with Crippen molar-refractivity contribution in [3.8, 4) is 0 Å². The van der Waals surface area contributed by atoms with Gasteiger partial charge in [-0.25, -0.2) is 4.79 Å². The van der Waals surface area contributed by atoms with Gasteiger partial charge in [0.2, 0.25) is 0 Å². The molecule has 1 aliphatic heterocycles. The van der Waals surface area contributed by atoms with Gasteiger partial charge in [-0.15, -0.1) is 0 Å². The Morgan fingerprint density at radius 3 is 2.83 bits per heavy atom. The normalized spacial score (nSPS) is 47.6.